The monoisotopic (exact) mass is 227 g/mol. The third kappa shape index (κ3) is 3.46. The second-order valence-corrected chi connectivity index (χ2v) is 4.77. The number of rotatable bonds is 5. The predicted molar refractivity (Wildman–Crippen MR) is 65.7 cm³/mol. The highest BCUT2D eigenvalue weighted by atomic mass is 16.2. The van der Waals surface area contributed by atoms with Crippen LogP contribution in [0.3, 0.4) is 0 Å². The summed E-state index contributed by atoms with van der Waals surface area (Å²) in [6.45, 7) is 2.10. The first-order chi connectivity index (χ1) is 7.70. The molecule has 0 heterocycles. The number of hydrogen-bond donors (Lipinski definition) is 2. The molecule has 1 aliphatic rings. The van der Waals surface area contributed by atoms with Crippen molar-refractivity contribution in [2.24, 2.45) is 5.84 Å². The van der Waals surface area contributed by atoms with Crippen molar-refractivity contribution < 1.29 is 4.79 Å². The number of nitrogens with zero attached hydrogens (tertiary/aromatic N) is 1. The number of carbonyl (C=O) groups is 1. The molecule has 0 aromatic heterocycles. The lowest BCUT2D eigenvalue weighted by Crippen LogP contribution is -2.51. The van der Waals surface area contributed by atoms with E-state index in [9.17, 15) is 4.79 Å². The molecule has 1 atom stereocenters. The van der Waals surface area contributed by atoms with Gasteiger partial charge in [0, 0.05) is 6.04 Å². The van der Waals surface area contributed by atoms with Crippen LogP contribution in [0.2, 0.25) is 0 Å². The lowest BCUT2D eigenvalue weighted by Gasteiger charge is -2.36. The Bertz CT molecular complexity index is 214. The number of amides is 1. The normalized spacial score (nSPS) is 19.8. The van der Waals surface area contributed by atoms with Gasteiger partial charge in [0.1, 0.15) is 0 Å². The van der Waals surface area contributed by atoms with E-state index in [1.54, 1.807) is 0 Å². The molecule has 0 spiro atoms. The van der Waals surface area contributed by atoms with Crippen LogP contribution in [0, 0.1) is 0 Å². The molecule has 3 N–H and O–H groups in total. The second kappa shape index (κ2) is 6.86. The largest absolute Gasteiger partial charge is 0.293 e. The maximum Gasteiger partial charge on any atom is 0.251 e. The third-order valence-corrected chi connectivity index (χ3v) is 3.65. The van der Waals surface area contributed by atoms with Crippen LogP contribution < -0.4 is 11.3 Å². The van der Waals surface area contributed by atoms with Gasteiger partial charge in [-0.25, -0.2) is 5.84 Å². The molecular weight excluding hydrogens is 202 g/mol. The molecule has 4 nitrogen and oxygen atoms in total. The zero-order valence-corrected chi connectivity index (χ0v) is 10.5. The summed E-state index contributed by atoms with van der Waals surface area (Å²) in [6.07, 6.45) is 8.25. The lowest BCUT2D eigenvalue weighted by molar-refractivity contribution is -0.127. The molecule has 1 rings (SSSR count). The summed E-state index contributed by atoms with van der Waals surface area (Å²) in [6, 6.07) is 0.501. The van der Waals surface area contributed by atoms with E-state index in [4.69, 9.17) is 5.84 Å². The van der Waals surface area contributed by atoms with E-state index in [1.165, 1.54) is 32.1 Å². The Hall–Kier alpha value is -0.610. The average Bonchev–Trinajstić information content (AvgIpc) is 2.35. The highest BCUT2D eigenvalue weighted by Gasteiger charge is 2.28. The van der Waals surface area contributed by atoms with E-state index < -0.39 is 0 Å². The molecule has 0 bridgehead atoms. The fraction of sp³-hybridized carbons (Fsp3) is 0.917. The zero-order chi connectivity index (χ0) is 12.0. The minimum Gasteiger partial charge on any atom is -0.293 e. The van der Waals surface area contributed by atoms with Crippen LogP contribution in [0.15, 0.2) is 0 Å². The molecule has 0 saturated heterocycles. The van der Waals surface area contributed by atoms with Gasteiger partial charge in [-0.3, -0.25) is 15.1 Å². The minimum absolute atomic E-state index is 0.0464. The van der Waals surface area contributed by atoms with Crippen LogP contribution in [0.4, 0.5) is 0 Å². The number of nitrogens with two attached hydrogens (primary N) is 1. The summed E-state index contributed by atoms with van der Waals surface area (Å²) in [5, 5.41) is 0. The summed E-state index contributed by atoms with van der Waals surface area (Å²) in [5.41, 5.74) is 2.29. The predicted octanol–water partition coefficient (Wildman–Crippen LogP) is 1.41. The van der Waals surface area contributed by atoms with Crippen molar-refractivity contribution in [3.8, 4) is 0 Å². The van der Waals surface area contributed by atoms with Crippen molar-refractivity contribution in [2.75, 3.05) is 7.05 Å². The van der Waals surface area contributed by atoms with Gasteiger partial charge in [0.2, 0.25) is 0 Å². The summed E-state index contributed by atoms with van der Waals surface area (Å²) in [5.74, 6) is 5.20. The standard InChI is InChI=1S/C12H25N3O/c1-3-7-11(12(16)14-13)15(2)10-8-5-4-6-9-10/h10-11H,3-9,13H2,1-2H3,(H,14,16). The number of hydrazine groups is 1. The van der Waals surface area contributed by atoms with Gasteiger partial charge in [0.25, 0.3) is 5.91 Å². The molecule has 1 fully saturated rings. The Kier molecular flexibility index (Phi) is 5.77. The fourth-order valence-corrected chi connectivity index (χ4v) is 2.63. The summed E-state index contributed by atoms with van der Waals surface area (Å²) >= 11 is 0. The first-order valence-electron chi connectivity index (χ1n) is 6.43. The van der Waals surface area contributed by atoms with E-state index >= 15 is 0 Å². The smallest absolute Gasteiger partial charge is 0.251 e. The third-order valence-electron chi connectivity index (χ3n) is 3.65. The molecule has 94 valence electrons. The minimum atomic E-state index is -0.0573. The van der Waals surface area contributed by atoms with Gasteiger partial charge >= 0.3 is 0 Å². The molecule has 4 heteroatoms. The summed E-state index contributed by atoms with van der Waals surface area (Å²) in [4.78, 5) is 13.9. The Labute approximate surface area is 98.5 Å². The van der Waals surface area contributed by atoms with Crippen LogP contribution in [0.25, 0.3) is 0 Å². The van der Waals surface area contributed by atoms with Crippen LogP contribution in [-0.2, 0) is 4.79 Å². The van der Waals surface area contributed by atoms with Crippen molar-refractivity contribution in [1.29, 1.82) is 0 Å². The zero-order valence-electron chi connectivity index (χ0n) is 10.5. The Morgan fingerprint density at radius 1 is 1.44 bits per heavy atom. The second-order valence-electron chi connectivity index (χ2n) is 4.77. The molecule has 1 saturated carbocycles. The van der Waals surface area contributed by atoms with E-state index in [-0.39, 0.29) is 11.9 Å². The quantitative estimate of drug-likeness (QED) is 0.424. The van der Waals surface area contributed by atoms with E-state index in [0.717, 1.165) is 12.8 Å². The van der Waals surface area contributed by atoms with Gasteiger partial charge in [0.05, 0.1) is 6.04 Å². The highest BCUT2D eigenvalue weighted by Crippen LogP contribution is 2.24. The van der Waals surface area contributed by atoms with Crippen molar-refractivity contribution in [2.45, 2.75) is 64.0 Å². The molecule has 1 amide bonds. The van der Waals surface area contributed by atoms with Crippen molar-refractivity contribution in [3.05, 3.63) is 0 Å². The lowest BCUT2D eigenvalue weighted by atomic mass is 9.93. The molecular formula is C12H25N3O. The first-order valence-corrected chi connectivity index (χ1v) is 6.43. The van der Waals surface area contributed by atoms with Crippen LogP contribution in [0.1, 0.15) is 51.9 Å². The van der Waals surface area contributed by atoms with Crippen molar-refractivity contribution in [1.82, 2.24) is 10.3 Å². The Morgan fingerprint density at radius 3 is 2.56 bits per heavy atom. The summed E-state index contributed by atoms with van der Waals surface area (Å²) < 4.78 is 0. The number of likely N-dealkylation sites (N-methyl/N-ethyl adjacent to an activating group) is 1. The number of carbonyl (C=O) groups excluding carboxylic acids is 1. The van der Waals surface area contributed by atoms with Gasteiger partial charge < -0.3 is 0 Å². The molecule has 0 aliphatic heterocycles. The molecule has 1 aliphatic carbocycles. The van der Waals surface area contributed by atoms with Gasteiger partial charge in [0.15, 0.2) is 0 Å². The van der Waals surface area contributed by atoms with Gasteiger partial charge in [-0.15, -0.1) is 0 Å². The van der Waals surface area contributed by atoms with E-state index in [2.05, 4.69) is 24.3 Å². The Balaban J connectivity index is 2.57. The molecule has 0 aromatic rings. The first kappa shape index (κ1) is 13.5. The van der Waals surface area contributed by atoms with Crippen LogP contribution in [-0.4, -0.2) is 29.9 Å². The van der Waals surface area contributed by atoms with Gasteiger partial charge in [-0.2, -0.15) is 0 Å². The fourth-order valence-electron chi connectivity index (χ4n) is 2.63. The highest BCUT2D eigenvalue weighted by molar-refractivity contribution is 5.81. The summed E-state index contributed by atoms with van der Waals surface area (Å²) in [7, 11) is 2.06. The van der Waals surface area contributed by atoms with Crippen LogP contribution >= 0.6 is 0 Å². The van der Waals surface area contributed by atoms with E-state index in [1.807, 2.05) is 0 Å². The van der Waals surface area contributed by atoms with Gasteiger partial charge in [-0.05, 0) is 26.3 Å². The topological polar surface area (TPSA) is 58.4 Å². The van der Waals surface area contributed by atoms with Crippen LogP contribution in [0.5, 0.6) is 0 Å². The molecule has 0 aromatic carbocycles. The Morgan fingerprint density at radius 2 is 2.06 bits per heavy atom. The van der Waals surface area contributed by atoms with Crippen molar-refractivity contribution in [3.63, 3.8) is 0 Å². The molecule has 16 heavy (non-hydrogen) atoms. The van der Waals surface area contributed by atoms with Gasteiger partial charge in [-0.1, -0.05) is 32.6 Å². The average molecular weight is 227 g/mol. The van der Waals surface area contributed by atoms with Crippen molar-refractivity contribution >= 4 is 5.91 Å². The molecule has 0 radical (unpaired) electrons. The molecule has 1 unspecified atom stereocenters. The van der Waals surface area contributed by atoms with E-state index in [0.29, 0.717) is 6.04 Å². The maximum absolute atomic E-state index is 11.7. The number of nitrogens with one attached hydrogen (secondary N) is 1. The maximum atomic E-state index is 11.7. The SMILES string of the molecule is CCCC(C(=O)NN)N(C)C1CCCCC1. The number of hydrogen-bond acceptors (Lipinski definition) is 3.